The van der Waals surface area contributed by atoms with Crippen LogP contribution in [0.25, 0.3) is 10.2 Å². The van der Waals surface area contributed by atoms with Crippen LogP contribution in [-0.4, -0.2) is 22.5 Å². The lowest BCUT2D eigenvalue weighted by molar-refractivity contribution is 0.0942. The first-order chi connectivity index (χ1) is 10.2. The van der Waals surface area contributed by atoms with Gasteiger partial charge >= 0.3 is 0 Å². The van der Waals surface area contributed by atoms with Gasteiger partial charge in [-0.25, -0.2) is 4.98 Å². The minimum atomic E-state index is -0.535. The molecule has 2 N–H and O–H groups in total. The standard InChI is InChI=1S/C15H14N2O2S2/c18-12(10-6-8-20-9-10)5-7-16-14(19)15-17-11-3-1-2-4-13(11)21-15/h1-4,6,8-9,12,18H,5,7H2,(H,16,19)/t12-/m1/s1. The summed E-state index contributed by atoms with van der Waals surface area (Å²) in [5, 5.41) is 17.1. The topological polar surface area (TPSA) is 62.2 Å². The monoisotopic (exact) mass is 318 g/mol. The number of benzene rings is 1. The highest BCUT2D eigenvalue weighted by Crippen LogP contribution is 2.22. The van der Waals surface area contributed by atoms with Crippen molar-refractivity contribution in [1.82, 2.24) is 10.3 Å². The second-order valence-corrected chi connectivity index (χ2v) is 6.41. The van der Waals surface area contributed by atoms with Crippen molar-refractivity contribution in [3.05, 3.63) is 51.7 Å². The summed E-state index contributed by atoms with van der Waals surface area (Å²) in [5.74, 6) is -0.186. The number of nitrogens with zero attached hydrogens (tertiary/aromatic N) is 1. The number of para-hydroxylation sites is 1. The third-order valence-corrected chi connectivity index (χ3v) is 4.86. The van der Waals surface area contributed by atoms with Crippen molar-refractivity contribution in [2.45, 2.75) is 12.5 Å². The van der Waals surface area contributed by atoms with E-state index < -0.39 is 6.10 Å². The molecule has 2 heterocycles. The number of hydrogen-bond acceptors (Lipinski definition) is 5. The van der Waals surface area contributed by atoms with Gasteiger partial charge in [-0.3, -0.25) is 4.79 Å². The van der Waals surface area contributed by atoms with Gasteiger partial charge in [-0.15, -0.1) is 11.3 Å². The molecule has 0 radical (unpaired) electrons. The summed E-state index contributed by atoms with van der Waals surface area (Å²) in [6.07, 6.45) is -0.0418. The van der Waals surface area contributed by atoms with Crippen LogP contribution in [0.4, 0.5) is 0 Å². The minimum absolute atomic E-state index is 0.186. The molecule has 2 aromatic heterocycles. The van der Waals surface area contributed by atoms with Crippen molar-refractivity contribution in [2.75, 3.05) is 6.54 Å². The van der Waals surface area contributed by atoms with E-state index in [1.807, 2.05) is 41.1 Å². The molecule has 108 valence electrons. The molecule has 21 heavy (non-hydrogen) atoms. The molecule has 0 saturated heterocycles. The summed E-state index contributed by atoms with van der Waals surface area (Å²) in [7, 11) is 0. The van der Waals surface area contributed by atoms with Crippen molar-refractivity contribution in [3.8, 4) is 0 Å². The number of aliphatic hydroxyl groups excluding tert-OH is 1. The second kappa shape index (κ2) is 6.34. The molecule has 3 aromatic rings. The quantitative estimate of drug-likeness (QED) is 0.759. The zero-order valence-electron chi connectivity index (χ0n) is 11.2. The van der Waals surface area contributed by atoms with E-state index >= 15 is 0 Å². The maximum absolute atomic E-state index is 12.0. The number of carbonyl (C=O) groups excluding carboxylic acids is 1. The fourth-order valence-electron chi connectivity index (χ4n) is 2.00. The largest absolute Gasteiger partial charge is 0.388 e. The summed E-state index contributed by atoms with van der Waals surface area (Å²) in [5.41, 5.74) is 1.74. The molecule has 0 aliphatic rings. The number of amides is 1. The van der Waals surface area contributed by atoms with Gasteiger partial charge in [0.05, 0.1) is 16.3 Å². The minimum Gasteiger partial charge on any atom is -0.388 e. The first-order valence-electron chi connectivity index (χ1n) is 6.58. The van der Waals surface area contributed by atoms with Crippen LogP contribution in [0.3, 0.4) is 0 Å². The Morgan fingerprint density at radius 1 is 1.33 bits per heavy atom. The van der Waals surface area contributed by atoms with E-state index in [0.717, 1.165) is 15.8 Å². The number of nitrogens with one attached hydrogen (secondary N) is 1. The smallest absolute Gasteiger partial charge is 0.280 e. The van der Waals surface area contributed by atoms with E-state index in [1.165, 1.54) is 11.3 Å². The molecule has 1 aromatic carbocycles. The number of thiazole rings is 1. The highest BCUT2D eigenvalue weighted by atomic mass is 32.1. The molecule has 0 fully saturated rings. The van der Waals surface area contributed by atoms with Crippen LogP contribution >= 0.6 is 22.7 Å². The molecule has 0 saturated carbocycles. The Balaban J connectivity index is 1.56. The summed E-state index contributed by atoms with van der Waals surface area (Å²) >= 11 is 2.93. The van der Waals surface area contributed by atoms with Crippen molar-refractivity contribution in [2.24, 2.45) is 0 Å². The van der Waals surface area contributed by atoms with Gasteiger partial charge in [0.1, 0.15) is 0 Å². The average molecular weight is 318 g/mol. The number of carbonyl (C=O) groups is 1. The van der Waals surface area contributed by atoms with Crippen LogP contribution in [0.2, 0.25) is 0 Å². The van der Waals surface area contributed by atoms with E-state index in [1.54, 1.807) is 11.3 Å². The van der Waals surface area contributed by atoms with Gasteiger partial charge < -0.3 is 10.4 Å². The van der Waals surface area contributed by atoms with Crippen LogP contribution < -0.4 is 5.32 Å². The third-order valence-electron chi connectivity index (χ3n) is 3.12. The number of aromatic nitrogens is 1. The van der Waals surface area contributed by atoms with Crippen molar-refractivity contribution < 1.29 is 9.90 Å². The highest BCUT2D eigenvalue weighted by Gasteiger charge is 2.13. The lowest BCUT2D eigenvalue weighted by atomic mass is 10.1. The van der Waals surface area contributed by atoms with Crippen molar-refractivity contribution in [3.63, 3.8) is 0 Å². The zero-order chi connectivity index (χ0) is 14.7. The summed E-state index contributed by atoms with van der Waals surface area (Å²) in [6.45, 7) is 0.422. The van der Waals surface area contributed by atoms with E-state index in [0.29, 0.717) is 18.0 Å². The number of rotatable bonds is 5. The van der Waals surface area contributed by atoms with Gasteiger partial charge in [0.2, 0.25) is 0 Å². The van der Waals surface area contributed by atoms with Crippen molar-refractivity contribution in [1.29, 1.82) is 0 Å². The Bertz CT molecular complexity index is 704. The SMILES string of the molecule is O=C(NCC[C@@H](O)c1ccsc1)c1nc2ccccc2s1. The molecule has 6 heteroatoms. The molecule has 3 rings (SSSR count). The van der Waals surface area contributed by atoms with Crippen LogP contribution in [-0.2, 0) is 0 Å². The Morgan fingerprint density at radius 3 is 2.95 bits per heavy atom. The number of aliphatic hydroxyl groups is 1. The summed E-state index contributed by atoms with van der Waals surface area (Å²) in [4.78, 5) is 16.3. The molecule has 0 unspecified atom stereocenters. The maximum atomic E-state index is 12.0. The lowest BCUT2D eigenvalue weighted by Gasteiger charge is -2.08. The molecular formula is C15H14N2O2S2. The first kappa shape index (κ1) is 14.2. The molecule has 1 amide bonds. The maximum Gasteiger partial charge on any atom is 0.280 e. The molecule has 0 bridgehead atoms. The van der Waals surface area contributed by atoms with E-state index in [4.69, 9.17) is 0 Å². The third kappa shape index (κ3) is 3.29. The van der Waals surface area contributed by atoms with Gasteiger partial charge in [0.25, 0.3) is 5.91 Å². The molecule has 0 spiro atoms. The Morgan fingerprint density at radius 2 is 2.19 bits per heavy atom. The van der Waals surface area contributed by atoms with Gasteiger partial charge in [0, 0.05) is 6.54 Å². The van der Waals surface area contributed by atoms with Gasteiger partial charge in [-0.2, -0.15) is 11.3 Å². The molecular weight excluding hydrogens is 304 g/mol. The fraction of sp³-hybridized carbons (Fsp3) is 0.200. The van der Waals surface area contributed by atoms with Crippen LogP contribution in [0.15, 0.2) is 41.1 Å². The van der Waals surface area contributed by atoms with Gasteiger partial charge in [-0.05, 0) is 40.9 Å². The molecule has 0 aliphatic carbocycles. The predicted molar refractivity (Wildman–Crippen MR) is 85.8 cm³/mol. The molecule has 0 aliphatic heterocycles. The Labute approximate surface area is 130 Å². The normalized spacial score (nSPS) is 12.4. The summed E-state index contributed by atoms with van der Waals surface area (Å²) < 4.78 is 1.00. The van der Waals surface area contributed by atoms with E-state index in [-0.39, 0.29) is 5.91 Å². The van der Waals surface area contributed by atoms with Crippen LogP contribution in [0.5, 0.6) is 0 Å². The molecule has 1 atom stereocenters. The number of hydrogen-bond donors (Lipinski definition) is 2. The molecule has 4 nitrogen and oxygen atoms in total. The Hall–Kier alpha value is -1.76. The van der Waals surface area contributed by atoms with Crippen molar-refractivity contribution >= 4 is 38.8 Å². The van der Waals surface area contributed by atoms with Gasteiger partial charge in [-0.1, -0.05) is 12.1 Å². The van der Waals surface area contributed by atoms with Crippen LogP contribution in [0, 0.1) is 0 Å². The fourth-order valence-corrected chi connectivity index (χ4v) is 3.59. The number of fused-ring (bicyclic) bond motifs is 1. The Kier molecular flexibility index (Phi) is 4.28. The summed E-state index contributed by atoms with van der Waals surface area (Å²) in [6, 6.07) is 9.57. The van der Waals surface area contributed by atoms with E-state index in [9.17, 15) is 9.90 Å². The lowest BCUT2D eigenvalue weighted by Crippen LogP contribution is -2.25. The average Bonchev–Trinajstić information content (AvgIpc) is 3.16. The first-order valence-corrected chi connectivity index (χ1v) is 8.34. The van der Waals surface area contributed by atoms with Crippen LogP contribution in [0.1, 0.15) is 27.9 Å². The van der Waals surface area contributed by atoms with E-state index in [2.05, 4.69) is 10.3 Å². The predicted octanol–water partition coefficient (Wildman–Crippen LogP) is 3.21. The van der Waals surface area contributed by atoms with Gasteiger partial charge in [0.15, 0.2) is 5.01 Å². The zero-order valence-corrected chi connectivity index (χ0v) is 12.8. The highest BCUT2D eigenvalue weighted by molar-refractivity contribution is 7.20. The second-order valence-electron chi connectivity index (χ2n) is 4.60. The number of thiophene rings is 1.